The summed E-state index contributed by atoms with van der Waals surface area (Å²) in [4.78, 5) is 0. The first-order valence-corrected chi connectivity index (χ1v) is 11.9. The van der Waals surface area contributed by atoms with E-state index in [-0.39, 0.29) is 6.10 Å². The minimum Gasteiger partial charge on any atom is -0.393 e. The molecule has 27 heavy (non-hydrogen) atoms. The molecule has 1 aromatic carbocycles. The SMILES string of the molecule is CCCC1CCC(C2CCC(c3ccc(CCCC(C)O)cc3)CC2)CC1. The van der Waals surface area contributed by atoms with Gasteiger partial charge in [-0.3, -0.25) is 0 Å². The molecule has 1 N–H and O–H groups in total. The molecule has 3 rings (SSSR count). The van der Waals surface area contributed by atoms with Crippen LogP contribution in [0.2, 0.25) is 0 Å². The van der Waals surface area contributed by atoms with Gasteiger partial charge in [-0.05, 0) is 99.5 Å². The fourth-order valence-electron chi connectivity index (χ4n) is 5.84. The average Bonchev–Trinajstić information content (AvgIpc) is 2.69. The fraction of sp³-hybridized carbons (Fsp3) is 0.769. The first-order valence-electron chi connectivity index (χ1n) is 11.9. The third-order valence-electron chi connectivity index (χ3n) is 7.57. The number of rotatable bonds is 8. The lowest BCUT2D eigenvalue weighted by Crippen LogP contribution is -2.25. The summed E-state index contributed by atoms with van der Waals surface area (Å²) in [6.07, 6.45) is 17.5. The second-order valence-electron chi connectivity index (χ2n) is 9.66. The van der Waals surface area contributed by atoms with Crippen molar-refractivity contribution < 1.29 is 5.11 Å². The smallest absolute Gasteiger partial charge is 0.0512 e. The van der Waals surface area contributed by atoms with Gasteiger partial charge in [0.25, 0.3) is 0 Å². The Balaban J connectivity index is 1.41. The van der Waals surface area contributed by atoms with Crippen molar-refractivity contribution in [3.8, 4) is 0 Å². The van der Waals surface area contributed by atoms with Crippen molar-refractivity contribution in [2.75, 3.05) is 0 Å². The van der Waals surface area contributed by atoms with Crippen LogP contribution in [0.3, 0.4) is 0 Å². The van der Waals surface area contributed by atoms with Crippen molar-refractivity contribution in [2.24, 2.45) is 17.8 Å². The normalized spacial score (nSPS) is 30.2. The van der Waals surface area contributed by atoms with Crippen molar-refractivity contribution in [1.29, 1.82) is 0 Å². The Labute approximate surface area is 168 Å². The van der Waals surface area contributed by atoms with Gasteiger partial charge in [0.1, 0.15) is 0 Å². The van der Waals surface area contributed by atoms with Crippen LogP contribution >= 0.6 is 0 Å². The highest BCUT2D eigenvalue weighted by Gasteiger charge is 2.31. The van der Waals surface area contributed by atoms with Crippen LogP contribution in [0, 0.1) is 17.8 Å². The fourth-order valence-corrected chi connectivity index (χ4v) is 5.84. The van der Waals surface area contributed by atoms with E-state index in [1.165, 1.54) is 69.8 Å². The zero-order valence-electron chi connectivity index (χ0n) is 17.8. The first kappa shape index (κ1) is 20.9. The van der Waals surface area contributed by atoms with Gasteiger partial charge in [0, 0.05) is 0 Å². The van der Waals surface area contributed by atoms with Gasteiger partial charge in [0.2, 0.25) is 0 Å². The lowest BCUT2D eigenvalue weighted by atomic mass is 9.68. The Morgan fingerprint density at radius 2 is 1.48 bits per heavy atom. The van der Waals surface area contributed by atoms with E-state index in [0.29, 0.717) is 0 Å². The molecule has 0 saturated heterocycles. The summed E-state index contributed by atoms with van der Waals surface area (Å²) in [5.74, 6) is 3.89. The Hall–Kier alpha value is -0.820. The van der Waals surface area contributed by atoms with Crippen molar-refractivity contribution in [2.45, 2.75) is 109 Å². The minimum absolute atomic E-state index is 0.166. The molecule has 1 unspecified atom stereocenters. The summed E-state index contributed by atoms with van der Waals surface area (Å²) >= 11 is 0. The van der Waals surface area contributed by atoms with Crippen LogP contribution in [-0.2, 0) is 6.42 Å². The Morgan fingerprint density at radius 3 is 2.04 bits per heavy atom. The van der Waals surface area contributed by atoms with Gasteiger partial charge in [-0.15, -0.1) is 0 Å². The molecule has 1 nitrogen and oxygen atoms in total. The number of benzene rings is 1. The van der Waals surface area contributed by atoms with Gasteiger partial charge < -0.3 is 5.11 Å². The predicted octanol–water partition coefficient (Wildman–Crippen LogP) is 7.27. The quantitative estimate of drug-likeness (QED) is 0.510. The summed E-state index contributed by atoms with van der Waals surface area (Å²) in [6.45, 7) is 4.23. The maximum absolute atomic E-state index is 9.40. The van der Waals surface area contributed by atoms with E-state index in [2.05, 4.69) is 31.2 Å². The number of hydrogen-bond acceptors (Lipinski definition) is 1. The summed E-state index contributed by atoms with van der Waals surface area (Å²) in [7, 11) is 0. The van der Waals surface area contributed by atoms with E-state index in [4.69, 9.17) is 0 Å². The van der Waals surface area contributed by atoms with Gasteiger partial charge in [0.05, 0.1) is 6.10 Å². The predicted molar refractivity (Wildman–Crippen MR) is 116 cm³/mol. The van der Waals surface area contributed by atoms with Gasteiger partial charge in [-0.1, -0.05) is 56.9 Å². The molecular formula is C26H42O. The minimum atomic E-state index is -0.166. The van der Waals surface area contributed by atoms with Crippen LogP contribution < -0.4 is 0 Å². The monoisotopic (exact) mass is 370 g/mol. The zero-order valence-corrected chi connectivity index (χ0v) is 17.8. The van der Waals surface area contributed by atoms with Gasteiger partial charge in [-0.25, -0.2) is 0 Å². The van der Waals surface area contributed by atoms with Crippen LogP contribution in [0.25, 0.3) is 0 Å². The van der Waals surface area contributed by atoms with Gasteiger partial charge in [0.15, 0.2) is 0 Å². The maximum atomic E-state index is 9.40. The molecule has 1 aromatic rings. The molecule has 1 heteroatoms. The highest BCUT2D eigenvalue weighted by atomic mass is 16.3. The Kier molecular flexibility index (Phi) is 8.24. The van der Waals surface area contributed by atoms with Crippen molar-refractivity contribution >= 4 is 0 Å². The molecule has 2 fully saturated rings. The standard InChI is InChI=1S/C26H42O/c1-3-5-21-8-12-23(13-9-21)25-16-18-26(19-17-25)24-14-10-22(11-15-24)7-4-6-20(2)27/h10-11,14-15,20-21,23,25-27H,3-9,12-13,16-19H2,1-2H3. The van der Waals surface area contributed by atoms with E-state index in [1.54, 1.807) is 5.56 Å². The summed E-state index contributed by atoms with van der Waals surface area (Å²) < 4.78 is 0. The number of aliphatic hydroxyl groups is 1. The molecule has 0 radical (unpaired) electrons. The summed E-state index contributed by atoms with van der Waals surface area (Å²) in [5, 5.41) is 9.40. The van der Waals surface area contributed by atoms with Crippen molar-refractivity contribution in [1.82, 2.24) is 0 Å². The zero-order chi connectivity index (χ0) is 19.1. The third-order valence-corrected chi connectivity index (χ3v) is 7.57. The molecule has 0 spiro atoms. The number of hydrogen-bond donors (Lipinski definition) is 1. The molecule has 0 aromatic heterocycles. The average molecular weight is 371 g/mol. The van der Waals surface area contributed by atoms with Crippen LogP contribution in [-0.4, -0.2) is 11.2 Å². The topological polar surface area (TPSA) is 20.2 Å². The Bertz CT molecular complexity index is 516. The molecule has 152 valence electrons. The molecule has 0 amide bonds. The maximum Gasteiger partial charge on any atom is 0.0512 e. The molecule has 2 aliphatic carbocycles. The Morgan fingerprint density at radius 1 is 0.889 bits per heavy atom. The van der Waals surface area contributed by atoms with Gasteiger partial charge >= 0.3 is 0 Å². The van der Waals surface area contributed by atoms with Crippen molar-refractivity contribution in [3.05, 3.63) is 35.4 Å². The molecule has 0 heterocycles. The largest absolute Gasteiger partial charge is 0.393 e. The lowest BCUT2D eigenvalue weighted by molar-refractivity contribution is 0.156. The summed E-state index contributed by atoms with van der Waals surface area (Å²) in [6, 6.07) is 9.44. The first-order chi connectivity index (χ1) is 13.2. The second kappa shape index (κ2) is 10.6. The van der Waals surface area contributed by atoms with Crippen LogP contribution in [0.5, 0.6) is 0 Å². The molecule has 0 bridgehead atoms. The molecule has 2 aliphatic rings. The van der Waals surface area contributed by atoms with E-state index < -0.39 is 0 Å². The second-order valence-corrected chi connectivity index (χ2v) is 9.66. The third kappa shape index (κ3) is 6.34. The number of aliphatic hydroxyl groups excluding tert-OH is 1. The summed E-state index contributed by atoms with van der Waals surface area (Å²) in [5.41, 5.74) is 3.00. The van der Waals surface area contributed by atoms with E-state index in [0.717, 1.165) is 42.9 Å². The molecular weight excluding hydrogens is 328 g/mol. The highest BCUT2D eigenvalue weighted by Crippen LogP contribution is 2.44. The van der Waals surface area contributed by atoms with E-state index in [1.807, 2.05) is 6.92 Å². The van der Waals surface area contributed by atoms with E-state index >= 15 is 0 Å². The molecule has 2 saturated carbocycles. The van der Waals surface area contributed by atoms with Crippen LogP contribution in [0.15, 0.2) is 24.3 Å². The van der Waals surface area contributed by atoms with Crippen LogP contribution in [0.1, 0.15) is 108 Å². The van der Waals surface area contributed by atoms with Crippen molar-refractivity contribution in [3.63, 3.8) is 0 Å². The number of aryl methyl sites for hydroxylation is 1. The lowest BCUT2D eigenvalue weighted by Gasteiger charge is -2.38. The highest BCUT2D eigenvalue weighted by molar-refractivity contribution is 5.26. The van der Waals surface area contributed by atoms with Crippen LogP contribution in [0.4, 0.5) is 0 Å². The van der Waals surface area contributed by atoms with E-state index in [9.17, 15) is 5.11 Å². The van der Waals surface area contributed by atoms with Gasteiger partial charge in [-0.2, -0.15) is 0 Å². The molecule has 1 atom stereocenters. The molecule has 0 aliphatic heterocycles.